The smallest absolute Gasteiger partial charge is 0.410 e. The summed E-state index contributed by atoms with van der Waals surface area (Å²) in [5.74, 6) is -2.68. The van der Waals surface area contributed by atoms with E-state index in [9.17, 15) is 14.4 Å². The summed E-state index contributed by atoms with van der Waals surface area (Å²) in [5.41, 5.74) is 0. The van der Waals surface area contributed by atoms with E-state index in [4.69, 9.17) is 14.6 Å². The Bertz CT molecular complexity index is 378. The van der Waals surface area contributed by atoms with Gasteiger partial charge in [-0.3, -0.25) is 9.59 Å². The molecule has 0 saturated heterocycles. The summed E-state index contributed by atoms with van der Waals surface area (Å²) in [7, 11) is 0. The van der Waals surface area contributed by atoms with E-state index in [2.05, 4.69) is 5.32 Å². The Kier molecular flexibility index (Phi) is 7.76. The largest absolute Gasteiger partial charge is 0.481 e. The minimum Gasteiger partial charge on any atom is -0.481 e. The molecule has 7 nitrogen and oxygen atoms in total. The lowest BCUT2D eigenvalue weighted by molar-refractivity contribution is -0.192. The number of hydrogen-bond acceptors (Lipinski definition) is 5. The van der Waals surface area contributed by atoms with Gasteiger partial charge in [0.2, 0.25) is 0 Å². The molecule has 0 aliphatic rings. The van der Waals surface area contributed by atoms with Crippen LogP contribution in [0.25, 0.3) is 0 Å². The van der Waals surface area contributed by atoms with Crippen LogP contribution in [0, 0.1) is 11.8 Å². The molecule has 0 fully saturated rings. The standard InChI is InChI=1S/C14H25NO6/c1-9(2)6-11(7-12(17)18)8-15-13(19)21-14(4,5)20-10(3)16/h9,11H,6-8H2,1-5H3,(H,15,19)(H,17,18)/t11-/m0/s1. The molecule has 0 rings (SSSR count). The molecule has 7 heteroatoms. The van der Waals surface area contributed by atoms with Crippen LogP contribution in [0.3, 0.4) is 0 Å². The summed E-state index contributed by atoms with van der Waals surface area (Å²) in [6.45, 7) is 8.26. The van der Waals surface area contributed by atoms with E-state index in [1.54, 1.807) is 0 Å². The van der Waals surface area contributed by atoms with Gasteiger partial charge in [-0.2, -0.15) is 0 Å². The van der Waals surface area contributed by atoms with E-state index in [0.29, 0.717) is 12.3 Å². The lowest BCUT2D eigenvalue weighted by atomic mass is 9.94. The Morgan fingerprint density at radius 2 is 1.76 bits per heavy atom. The van der Waals surface area contributed by atoms with Crippen LogP contribution in [0.2, 0.25) is 0 Å². The zero-order valence-corrected chi connectivity index (χ0v) is 13.3. The molecule has 0 aromatic carbocycles. The normalized spacial score (nSPS) is 12.7. The Balaban J connectivity index is 4.35. The Labute approximate surface area is 125 Å². The van der Waals surface area contributed by atoms with Crippen molar-refractivity contribution in [2.24, 2.45) is 11.8 Å². The highest BCUT2D eigenvalue weighted by atomic mass is 16.7. The summed E-state index contributed by atoms with van der Waals surface area (Å²) in [6.07, 6.45) is -0.0912. The first-order valence-corrected chi connectivity index (χ1v) is 6.90. The van der Waals surface area contributed by atoms with Crippen molar-refractivity contribution in [3.05, 3.63) is 0 Å². The minimum absolute atomic E-state index is 0.0220. The monoisotopic (exact) mass is 303 g/mol. The zero-order valence-electron chi connectivity index (χ0n) is 13.3. The van der Waals surface area contributed by atoms with Crippen LogP contribution < -0.4 is 5.32 Å². The summed E-state index contributed by atoms with van der Waals surface area (Å²) in [4.78, 5) is 33.3. The number of nitrogens with one attached hydrogen (secondary N) is 1. The van der Waals surface area contributed by atoms with Crippen molar-refractivity contribution < 1.29 is 29.0 Å². The van der Waals surface area contributed by atoms with E-state index in [-0.39, 0.29) is 18.9 Å². The maximum absolute atomic E-state index is 11.6. The van der Waals surface area contributed by atoms with Crippen molar-refractivity contribution in [2.45, 2.75) is 53.2 Å². The molecule has 0 aliphatic heterocycles. The van der Waals surface area contributed by atoms with Gasteiger partial charge in [0, 0.05) is 33.7 Å². The first-order valence-electron chi connectivity index (χ1n) is 6.90. The van der Waals surface area contributed by atoms with Gasteiger partial charge < -0.3 is 19.9 Å². The number of carbonyl (C=O) groups is 3. The molecule has 0 saturated carbocycles. The third kappa shape index (κ3) is 10.6. The van der Waals surface area contributed by atoms with Gasteiger partial charge >= 0.3 is 18.0 Å². The van der Waals surface area contributed by atoms with Gasteiger partial charge in [0.05, 0.1) is 0 Å². The summed E-state index contributed by atoms with van der Waals surface area (Å²) in [5, 5.41) is 11.4. The van der Waals surface area contributed by atoms with Gasteiger partial charge in [0.25, 0.3) is 5.79 Å². The highest BCUT2D eigenvalue weighted by Gasteiger charge is 2.26. The van der Waals surface area contributed by atoms with Crippen LogP contribution in [0.1, 0.15) is 47.5 Å². The quantitative estimate of drug-likeness (QED) is 0.526. The first-order chi connectivity index (χ1) is 9.51. The predicted octanol–water partition coefficient (Wildman–Crippen LogP) is 2.15. The number of carbonyl (C=O) groups excluding carboxylic acids is 2. The number of hydrogen-bond donors (Lipinski definition) is 2. The highest BCUT2D eigenvalue weighted by molar-refractivity contribution is 5.70. The molecule has 1 amide bonds. The molecule has 0 heterocycles. The highest BCUT2D eigenvalue weighted by Crippen LogP contribution is 2.16. The van der Waals surface area contributed by atoms with E-state index < -0.39 is 23.8 Å². The molecule has 0 bridgehead atoms. The molecule has 0 aromatic heterocycles. The van der Waals surface area contributed by atoms with E-state index >= 15 is 0 Å². The van der Waals surface area contributed by atoms with Gasteiger partial charge in [0.1, 0.15) is 0 Å². The molecule has 0 spiro atoms. The van der Waals surface area contributed by atoms with E-state index in [1.165, 1.54) is 20.8 Å². The van der Waals surface area contributed by atoms with E-state index in [1.807, 2.05) is 13.8 Å². The second-order valence-corrected chi connectivity index (χ2v) is 5.86. The van der Waals surface area contributed by atoms with Crippen LogP contribution in [-0.4, -0.2) is 35.5 Å². The maximum atomic E-state index is 11.6. The summed E-state index contributed by atoms with van der Waals surface area (Å²) in [6, 6.07) is 0. The van der Waals surface area contributed by atoms with Crippen LogP contribution in [0.5, 0.6) is 0 Å². The van der Waals surface area contributed by atoms with Crippen LogP contribution in [-0.2, 0) is 19.1 Å². The average molecular weight is 303 g/mol. The van der Waals surface area contributed by atoms with Crippen LogP contribution >= 0.6 is 0 Å². The molecule has 1 atom stereocenters. The number of amides is 1. The van der Waals surface area contributed by atoms with Crippen molar-refractivity contribution in [3.63, 3.8) is 0 Å². The summed E-state index contributed by atoms with van der Waals surface area (Å²) >= 11 is 0. The van der Waals surface area contributed by atoms with Gasteiger partial charge in [-0.1, -0.05) is 13.8 Å². The van der Waals surface area contributed by atoms with Crippen LogP contribution in [0.4, 0.5) is 4.79 Å². The number of carboxylic acid groups (broad SMARTS) is 1. The number of rotatable bonds is 8. The Morgan fingerprint density at radius 1 is 1.19 bits per heavy atom. The third-order valence-electron chi connectivity index (χ3n) is 2.53. The van der Waals surface area contributed by atoms with Gasteiger partial charge in [-0.15, -0.1) is 0 Å². The molecule has 0 aromatic rings. The van der Waals surface area contributed by atoms with E-state index in [0.717, 1.165) is 0 Å². The number of aliphatic carboxylic acids is 1. The zero-order chi connectivity index (χ0) is 16.6. The fraction of sp³-hybridized carbons (Fsp3) is 0.786. The molecule has 0 aliphatic carbocycles. The lowest BCUT2D eigenvalue weighted by Crippen LogP contribution is -2.39. The topological polar surface area (TPSA) is 102 Å². The Morgan fingerprint density at radius 3 is 2.19 bits per heavy atom. The predicted molar refractivity (Wildman–Crippen MR) is 75.5 cm³/mol. The second-order valence-electron chi connectivity index (χ2n) is 5.86. The molecule has 0 unspecified atom stereocenters. The maximum Gasteiger partial charge on any atom is 0.410 e. The van der Waals surface area contributed by atoms with Gasteiger partial charge in [-0.05, 0) is 18.3 Å². The van der Waals surface area contributed by atoms with Crippen molar-refractivity contribution in [1.29, 1.82) is 0 Å². The van der Waals surface area contributed by atoms with Gasteiger partial charge in [0.15, 0.2) is 0 Å². The minimum atomic E-state index is -1.36. The molecular weight excluding hydrogens is 278 g/mol. The van der Waals surface area contributed by atoms with Gasteiger partial charge in [-0.25, -0.2) is 4.79 Å². The molecule has 21 heavy (non-hydrogen) atoms. The SMILES string of the molecule is CC(=O)OC(C)(C)OC(=O)NC[C@H](CC(=O)O)CC(C)C. The molecule has 0 radical (unpaired) electrons. The molecule has 122 valence electrons. The third-order valence-corrected chi connectivity index (χ3v) is 2.53. The van der Waals surface area contributed by atoms with Crippen LogP contribution in [0.15, 0.2) is 0 Å². The second kappa shape index (κ2) is 8.49. The van der Waals surface area contributed by atoms with Crippen molar-refractivity contribution >= 4 is 18.0 Å². The number of carboxylic acids is 1. The van der Waals surface area contributed by atoms with Crippen molar-refractivity contribution in [3.8, 4) is 0 Å². The van der Waals surface area contributed by atoms with Crippen molar-refractivity contribution in [1.82, 2.24) is 5.32 Å². The fourth-order valence-corrected chi connectivity index (χ4v) is 2.01. The lowest BCUT2D eigenvalue weighted by Gasteiger charge is -2.25. The summed E-state index contributed by atoms with van der Waals surface area (Å²) < 4.78 is 9.80. The number of alkyl carbamates (subject to hydrolysis) is 1. The Hall–Kier alpha value is -1.79. The number of ether oxygens (including phenoxy) is 2. The van der Waals surface area contributed by atoms with Crippen molar-refractivity contribution in [2.75, 3.05) is 6.54 Å². The first kappa shape index (κ1) is 19.2. The molecular formula is C14H25NO6. The molecule has 2 N–H and O–H groups in total. The fourth-order valence-electron chi connectivity index (χ4n) is 2.01. The number of esters is 1. The average Bonchev–Trinajstić information content (AvgIpc) is 2.21.